The maximum atomic E-state index is 12.1. The molecule has 102 valence electrons. The van der Waals surface area contributed by atoms with E-state index in [-0.39, 0.29) is 5.69 Å². The number of Topliss-reactive ketones (excluding diaryl/α,β-unsaturated/α-hetero) is 1. The fourth-order valence-corrected chi connectivity index (χ4v) is 1.13. The quantitative estimate of drug-likeness (QED) is 0.685. The Morgan fingerprint density at radius 2 is 1.74 bits per heavy atom. The smallest absolute Gasteiger partial charge is 0.453 e. The van der Waals surface area contributed by atoms with Crippen LogP contribution in [0.4, 0.5) is 18.9 Å². The zero-order chi connectivity index (χ0) is 14.6. The maximum Gasteiger partial charge on any atom is 0.453 e. The summed E-state index contributed by atoms with van der Waals surface area (Å²) in [5, 5.41) is 15.1. The van der Waals surface area contributed by atoms with Crippen molar-refractivity contribution in [2.24, 2.45) is 10.2 Å². The number of hydrogen-bond acceptors (Lipinski definition) is 4. The molecule has 0 aliphatic heterocycles. The summed E-state index contributed by atoms with van der Waals surface area (Å²) in [7, 11) is 0. The van der Waals surface area contributed by atoms with Crippen molar-refractivity contribution in [2.45, 2.75) is 12.2 Å². The van der Waals surface area contributed by atoms with Gasteiger partial charge in [0.15, 0.2) is 0 Å². The van der Waals surface area contributed by atoms with E-state index >= 15 is 0 Å². The molecule has 0 aromatic heterocycles. The minimum absolute atomic E-state index is 0.0747. The molecule has 1 aromatic carbocycles. The summed E-state index contributed by atoms with van der Waals surface area (Å²) >= 11 is 5.57. The minimum atomic E-state index is -5.29. The topological polar surface area (TPSA) is 79.1 Å². The van der Waals surface area contributed by atoms with Crippen molar-refractivity contribution in [3.05, 3.63) is 29.3 Å². The van der Waals surface area contributed by atoms with Crippen LogP contribution in [-0.4, -0.2) is 29.1 Å². The number of carbonyl (C=O) groups is 2. The first-order chi connectivity index (χ1) is 8.71. The molecule has 0 aliphatic carbocycles. The van der Waals surface area contributed by atoms with Crippen LogP contribution in [0.5, 0.6) is 0 Å². The van der Waals surface area contributed by atoms with Gasteiger partial charge in [0.05, 0.1) is 5.69 Å². The Bertz CT molecular complexity index is 514. The van der Waals surface area contributed by atoms with Gasteiger partial charge in [0.2, 0.25) is 6.04 Å². The number of nitrogens with zero attached hydrogens (tertiary/aromatic N) is 2. The molecule has 0 heterocycles. The maximum absolute atomic E-state index is 12.1. The van der Waals surface area contributed by atoms with E-state index in [1.165, 1.54) is 24.3 Å². The Labute approximate surface area is 109 Å². The molecule has 0 amide bonds. The molecular formula is C10H6ClF3N2O3. The van der Waals surface area contributed by atoms with Crippen molar-refractivity contribution in [3.8, 4) is 0 Å². The number of alkyl halides is 3. The number of hydrogen-bond donors (Lipinski definition) is 1. The number of rotatable bonds is 4. The predicted molar refractivity (Wildman–Crippen MR) is 58.5 cm³/mol. The molecule has 0 fully saturated rings. The minimum Gasteiger partial charge on any atom is -0.479 e. The summed E-state index contributed by atoms with van der Waals surface area (Å²) in [4.78, 5) is 21.4. The number of aliphatic carboxylic acids is 1. The van der Waals surface area contributed by atoms with Crippen LogP contribution >= 0.6 is 11.6 Å². The zero-order valence-electron chi connectivity index (χ0n) is 9.06. The Kier molecular flexibility index (Phi) is 4.60. The molecule has 1 rings (SSSR count). The number of benzene rings is 1. The third kappa shape index (κ3) is 4.32. The fourth-order valence-electron chi connectivity index (χ4n) is 1.00. The molecule has 1 unspecified atom stereocenters. The summed E-state index contributed by atoms with van der Waals surface area (Å²) in [6.07, 6.45) is -5.29. The molecular weight excluding hydrogens is 289 g/mol. The molecule has 1 aromatic rings. The Morgan fingerprint density at radius 1 is 1.21 bits per heavy atom. The van der Waals surface area contributed by atoms with Crippen molar-refractivity contribution < 1.29 is 27.9 Å². The Balaban J connectivity index is 2.94. The molecule has 19 heavy (non-hydrogen) atoms. The highest BCUT2D eigenvalue weighted by molar-refractivity contribution is 6.30. The second-order valence-corrected chi connectivity index (χ2v) is 3.73. The van der Waals surface area contributed by atoms with Gasteiger partial charge in [0.1, 0.15) is 0 Å². The lowest BCUT2D eigenvalue weighted by molar-refractivity contribution is -0.175. The largest absolute Gasteiger partial charge is 0.479 e. The molecule has 0 radical (unpaired) electrons. The van der Waals surface area contributed by atoms with Gasteiger partial charge in [-0.25, -0.2) is 4.79 Å². The number of azo groups is 1. The van der Waals surface area contributed by atoms with Crippen molar-refractivity contribution in [1.29, 1.82) is 0 Å². The van der Waals surface area contributed by atoms with Crippen molar-refractivity contribution in [2.75, 3.05) is 0 Å². The number of carbonyl (C=O) groups excluding carboxylic acids is 1. The van der Waals surface area contributed by atoms with Gasteiger partial charge in [-0.2, -0.15) is 23.4 Å². The van der Waals surface area contributed by atoms with Crippen LogP contribution in [-0.2, 0) is 9.59 Å². The molecule has 9 heteroatoms. The van der Waals surface area contributed by atoms with Crippen LogP contribution < -0.4 is 0 Å². The van der Waals surface area contributed by atoms with Crippen molar-refractivity contribution in [1.82, 2.24) is 0 Å². The van der Waals surface area contributed by atoms with Gasteiger partial charge >= 0.3 is 12.1 Å². The lowest BCUT2D eigenvalue weighted by Gasteiger charge is -2.08. The van der Waals surface area contributed by atoms with Crippen molar-refractivity contribution >= 4 is 29.0 Å². The first kappa shape index (κ1) is 15.1. The van der Waals surface area contributed by atoms with E-state index in [0.29, 0.717) is 5.02 Å². The van der Waals surface area contributed by atoms with Crippen molar-refractivity contribution in [3.63, 3.8) is 0 Å². The average Bonchev–Trinajstić information content (AvgIpc) is 2.30. The fraction of sp³-hybridized carbons (Fsp3) is 0.200. The molecule has 0 saturated carbocycles. The third-order valence-corrected chi connectivity index (χ3v) is 2.13. The van der Waals surface area contributed by atoms with Gasteiger partial charge in [0.25, 0.3) is 5.78 Å². The molecule has 0 spiro atoms. The lowest BCUT2D eigenvalue weighted by atomic mass is 10.2. The van der Waals surface area contributed by atoms with Gasteiger partial charge in [-0.15, -0.1) is 0 Å². The molecule has 0 aliphatic rings. The highest BCUT2D eigenvalue weighted by Crippen LogP contribution is 2.21. The van der Waals surface area contributed by atoms with Crippen LogP contribution in [0, 0.1) is 0 Å². The van der Waals surface area contributed by atoms with Crippen LogP contribution in [0.1, 0.15) is 0 Å². The first-order valence-electron chi connectivity index (χ1n) is 4.72. The van der Waals surface area contributed by atoms with Gasteiger partial charge in [-0.3, -0.25) is 4.79 Å². The second kappa shape index (κ2) is 5.79. The van der Waals surface area contributed by atoms with Gasteiger partial charge in [-0.1, -0.05) is 11.6 Å². The first-order valence-corrected chi connectivity index (χ1v) is 5.10. The lowest BCUT2D eigenvalue weighted by Crippen LogP contribution is -2.38. The second-order valence-electron chi connectivity index (χ2n) is 3.29. The Hall–Kier alpha value is -1.96. The molecule has 5 nitrogen and oxygen atoms in total. The van der Waals surface area contributed by atoms with E-state index in [9.17, 15) is 22.8 Å². The monoisotopic (exact) mass is 294 g/mol. The molecule has 1 atom stereocenters. The van der Waals surface area contributed by atoms with Crippen LogP contribution in [0.15, 0.2) is 34.5 Å². The summed E-state index contributed by atoms with van der Waals surface area (Å²) in [5.74, 6) is -4.52. The highest BCUT2D eigenvalue weighted by atomic mass is 35.5. The number of carboxylic acids is 1. The highest BCUT2D eigenvalue weighted by Gasteiger charge is 2.47. The van der Waals surface area contributed by atoms with E-state index in [1.54, 1.807) is 0 Å². The Morgan fingerprint density at radius 3 is 2.16 bits per heavy atom. The number of halogens is 4. The van der Waals surface area contributed by atoms with Crippen LogP contribution in [0.2, 0.25) is 5.02 Å². The van der Waals surface area contributed by atoms with E-state index in [1.807, 2.05) is 0 Å². The van der Waals surface area contributed by atoms with E-state index in [2.05, 4.69) is 10.2 Å². The normalized spacial score (nSPS) is 13.5. The van der Waals surface area contributed by atoms with Gasteiger partial charge < -0.3 is 5.11 Å². The zero-order valence-corrected chi connectivity index (χ0v) is 9.81. The number of ketones is 1. The molecule has 0 bridgehead atoms. The number of carboxylic acid groups (broad SMARTS) is 1. The van der Waals surface area contributed by atoms with Crippen LogP contribution in [0.3, 0.4) is 0 Å². The predicted octanol–water partition coefficient (Wildman–Crippen LogP) is 3.01. The van der Waals surface area contributed by atoms with E-state index in [4.69, 9.17) is 16.7 Å². The van der Waals surface area contributed by atoms with Crippen LogP contribution in [0.25, 0.3) is 0 Å². The van der Waals surface area contributed by atoms with E-state index < -0.39 is 24.0 Å². The molecule has 1 N–H and O–H groups in total. The van der Waals surface area contributed by atoms with Gasteiger partial charge in [0, 0.05) is 5.02 Å². The van der Waals surface area contributed by atoms with E-state index in [0.717, 1.165) is 0 Å². The third-order valence-electron chi connectivity index (χ3n) is 1.88. The summed E-state index contributed by atoms with van der Waals surface area (Å²) in [5.41, 5.74) is 0.0747. The summed E-state index contributed by atoms with van der Waals surface area (Å²) < 4.78 is 36.3. The summed E-state index contributed by atoms with van der Waals surface area (Å²) in [6, 6.07) is 2.77. The van der Waals surface area contributed by atoms with Gasteiger partial charge in [-0.05, 0) is 24.3 Å². The SMILES string of the molecule is O=C(O)C(N=Nc1ccc(Cl)cc1)C(=O)C(F)(F)F. The average molecular weight is 295 g/mol. The summed E-state index contributed by atoms with van der Waals surface area (Å²) in [6.45, 7) is 0. The standard InChI is InChI=1S/C10H6ClF3N2O3/c11-5-1-3-6(4-2-5)15-16-7(9(18)19)8(17)10(12,13)14/h1-4,7H,(H,18,19). The molecule has 0 saturated heterocycles.